The van der Waals surface area contributed by atoms with Gasteiger partial charge in [-0.05, 0) is 17.5 Å². The first-order valence-electron chi connectivity index (χ1n) is 5.97. The van der Waals surface area contributed by atoms with Crippen LogP contribution in [0.15, 0.2) is 12.1 Å². The average molecular weight is 337 g/mol. The number of hydrogen-bond acceptors (Lipinski definition) is 2. The fourth-order valence-electron chi connectivity index (χ4n) is 1.59. The molecule has 0 fully saturated rings. The molecule has 0 aliphatic heterocycles. The summed E-state index contributed by atoms with van der Waals surface area (Å²) in [6, 6.07) is 0.0615. The molecule has 1 rings (SSSR count). The Kier molecular flexibility index (Phi) is 5.42. The maximum Gasteiger partial charge on any atom is 0.326 e. The van der Waals surface area contributed by atoms with Gasteiger partial charge in [0.1, 0.15) is 11.9 Å². The Labute approximate surface area is 131 Å². The van der Waals surface area contributed by atoms with E-state index in [-0.39, 0.29) is 15.7 Å². The van der Waals surface area contributed by atoms with E-state index in [1.165, 1.54) is 0 Å². The molecule has 0 spiro atoms. The number of anilines is 1. The Morgan fingerprint density at radius 1 is 1.24 bits per heavy atom. The minimum atomic E-state index is -1.17. The number of carbonyl (C=O) groups excluding carboxylic acids is 1. The van der Waals surface area contributed by atoms with Crippen molar-refractivity contribution in [3.05, 3.63) is 28.0 Å². The van der Waals surface area contributed by atoms with Crippen LogP contribution in [0.3, 0.4) is 0 Å². The summed E-state index contributed by atoms with van der Waals surface area (Å²) >= 11 is 11.6. The molecule has 116 valence electrons. The van der Waals surface area contributed by atoms with Crippen molar-refractivity contribution in [2.45, 2.75) is 26.8 Å². The first kappa shape index (κ1) is 17.5. The minimum Gasteiger partial charge on any atom is -0.480 e. The predicted octanol–water partition coefficient (Wildman–Crippen LogP) is 3.75. The standard InChI is InChI=1S/C13H15Cl2FN2O3/c1-13(2,3)10(11(19)20)18-12(21)17-9-7(14)4-6(16)5-8(9)15/h4-5,10H,1-3H3,(H,19,20)(H2,17,18,21)/t10-/m0/s1. The number of rotatable bonds is 3. The van der Waals surface area contributed by atoms with Gasteiger partial charge in [0.2, 0.25) is 0 Å². The van der Waals surface area contributed by atoms with Crippen LogP contribution in [0.1, 0.15) is 20.8 Å². The summed E-state index contributed by atoms with van der Waals surface area (Å²) in [5.41, 5.74) is -0.685. The van der Waals surface area contributed by atoms with Crippen LogP contribution in [0, 0.1) is 11.2 Å². The van der Waals surface area contributed by atoms with Gasteiger partial charge in [-0.1, -0.05) is 44.0 Å². The molecule has 3 N–H and O–H groups in total. The molecule has 0 aromatic heterocycles. The summed E-state index contributed by atoms with van der Waals surface area (Å²) in [6.07, 6.45) is 0. The summed E-state index contributed by atoms with van der Waals surface area (Å²) in [5.74, 6) is -1.82. The number of carboxylic acids is 1. The minimum absolute atomic E-state index is 0.00952. The third-order valence-corrected chi connectivity index (χ3v) is 3.23. The van der Waals surface area contributed by atoms with E-state index < -0.39 is 29.3 Å². The van der Waals surface area contributed by atoms with Crippen molar-refractivity contribution in [2.75, 3.05) is 5.32 Å². The predicted molar refractivity (Wildman–Crippen MR) is 79.5 cm³/mol. The maximum absolute atomic E-state index is 13.0. The fraction of sp³-hybridized carbons (Fsp3) is 0.385. The highest BCUT2D eigenvalue weighted by atomic mass is 35.5. The van der Waals surface area contributed by atoms with Crippen molar-refractivity contribution in [2.24, 2.45) is 5.41 Å². The quantitative estimate of drug-likeness (QED) is 0.786. The number of urea groups is 1. The van der Waals surface area contributed by atoms with E-state index >= 15 is 0 Å². The molecule has 0 aliphatic carbocycles. The molecule has 2 amide bonds. The summed E-state index contributed by atoms with van der Waals surface area (Å²) < 4.78 is 13.0. The Bertz CT molecular complexity index is 550. The van der Waals surface area contributed by atoms with E-state index in [0.29, 0.717) is 0 Å². The normalized spacial score (nSPS) is 12.7. The Morgan fingerprint density at radius 2 is 1.71 bits per heavy atom. The number of halogens is 3. The molecule has 1 aromatic carbocycles. The lowest BCUT2D eigenvalue weighted by Gasteiger charge is -2.27. The number of hydrogen-bond donors (Lipinski definition) is 3. The van der Waals surface area contributed by atoms with Crippen molar-refractivity contribution in [3.63, 3.8) is 0 Å². The fourth-order valence-corrected chi connectivity index (χ4v) is 2.15. The van der Waals surface area contributed by atoms with Crippen LogP contribution in [0.2, 0.25) is 10.0 Å². The van der Waals surface area contributed by atoms with Gasteiger partial charge in [0.05, 0.1) is 15.7 Å². The lowest BCUT2D eigenvalue weighted by atomic mass is 9.87. The second-order valence-corrected chi connectivity index (χ2v) is 6.29. The average Bonchev–Trinajstić information content (AvgIpc) is 2.28. The van der Waals surface area contributed by atoms with Crippen molar-refractivity contribution in [3.8, 4) is 0 Å². The first-order chi connectivity index (χ1) is 9.52. The number of carbonyl (C=O) groups is 2. The third kappa shape index (κ3) is 4.75. The molecule has 8 heteroatoms. The highest BCUT2D eigenvalue weighted by molar-refractivity contribution is 6.39. The number of nitrogens with one attached hydrogen (secondary N) is 2. The van der Waals surface area contributed by atoms with Gasteiger partial charge >= 0.3 is 12.0 Å². The van der Waals surface area contributed by atoms with Crippen molar-refractivity contribution >= 4 is 40.9 Å². The number of aliphatic carboxylic acids is 1. The summed E-state index contributed by atoms with van der Waals surface area (Å²) in [6.45, 7) is 5.01. The van der Waals surface area contributed by atoms with Crippen LogP contribution in [0.4, 0.5) is 14.9 Å². The molecule has 0 unspecified atom stereocenters. The molecular formula is C13H15Cl2FN2O3. The highest BCUT2D eigenvalue weighted by Gasteiger charge is 2.32. The Balaban J connectivity index is 2.90. The van der Waals surface area contributed by atoms with E-state index in [1.54, 1.807) is 20.8 Å². The van der Waals surface area contributed by atoms with E-state index in [0.717, 1.165) is 12.1 Å². The van der Waals surface area contributed by atoms with Gasteiger partial charge in [0.15, 0.2) is 0 Å². The van der Waals surface area contributed by atoms with E-state index in [2.05, 4.69) is 10.6 Å². The molecule has 0 aliphatic rings. The van der Waals surface area contributed by atoms with E-state index in [9.17, 15) is 14.0 Å². The monoisotopic (exact) mass is 336 g/mol. The summed E-state index contributed by atoms with van der Waals surface area (Å²) in [7, 11) is 0. The SMILES string of the molecule is CC(C)(C)[C@@H](NC(=O)Nc1c(Cl)cc(F)cc1Cl)C(=O)O. The van der Waals surface area contributed by atoms with Gasteiger partial charge in [-0.15, -0.1) is 0 Å². The van der Waals surface area contributed by atoms with Crippen LogP contribution in [-0.2, 0) is 4.79 Å². The van der Waals surface area contributed by atoms with Crippen LogP contribution >= 0.6 is 23.2 Å². The van der Waals surface area contributed by atoms with Gasteiger partial charge in [0, 0.05) is 0 Å². The van der Waals surface area contributed by atoms with Gasteiger partial charge in [0.25, 0.3) is 0 Å². The molecule has 0 saturated heterocycles. The topological polar surface area (TPSA) is 78.4 Å². The molecule has 1 atom stereocenters. The van der Waals surface area contributed by atoms with E-state index in [1.807, 2.05) is 0 Å². The largest absolute Gasteiger partial charge is 0.480 e. The van der Waals surface area contributed by atoms with Gasteiger partial charge in [-0.3, -0.25) is 0 Å². The van der Waals surface area contributed by atoms with Crippen molar-refractivity contribution in [1.82, 2.24) is 5.32 Å². The van der Waals surface area contributed by atoms with Crippen LogP contribution in [-0.4, -0.2) is 23.1 Å². The number of amides is 2. The molecule has 0 bridgehead atoms. The maximum atomic E-state index is 13.0. The van der Waals surface area contributed by atoms with Gasteiger partial charge in [-0.2, -0.15) is 0 Å². The van der Waals surface area contributed by atoms with Crippen LogP contribution in [0.25, 0.3) is 0 Å². The molecular weight excluding hydrogens is 322 g/mol. The second kappa shape index (κ2) is 6.49. The van der Waals surface area contributed by atoms with Crippen molar-refractivity contribution in [1.29, 1.82) is 0 Å². The zero-order valence-corrected chi connectivity index (χ0v) is 13.1. The number of benzene rings is 1. The zero-order valence-electron chi connectivity index (χ0n) is 11.6. The second-order valence-electron chi connectivity index (χ2n) is 5.48. The van der Waals surface area contributed by atoms with Crippen LogP contribution in [0.5, 0.6) is 0 Å². The van der Waals surface area contributed by atoms with E-state index in [4.69, 9.17) is 28.3 Å². The van der Waals surface area contributed by atoms with Crippen molar-refractivity contribution < 1.29 is 19.1 Å². The molecule has 0 saturated carbocycles. The first-order valence-corrected chi connectivity index (χ1v) is 6.73. The molecule has 0 radical (unpaired) electrons. The summed E-state index contributed by atoms with van der Waals surface area (Å²) in [5, 5.41) is 13.6. The molecule has 1 aromatic rings. The molecule has 0 heterocycles. The summed E-state index contributed by atoms with van der Waals surface area (Å²) in [4.78, 5) is 23.0. The molecule has 21 heavy (non-hydrogen) atoms. The smallest absolute Gasteiger partial charge is 0.326 e. The lowest BCUT2D eigenvalue weighted by molar-refractivity contribution is -0.141. The Morgan fingerprint density at radius 3 is 2.10 bits per heavy atom. The molecule has 5 nitrogen and oxygen atoms in total. The van der Waals surface area contributed by atoms with Crippen LogP contribution < -0.4 is 10.6 Å². The zero-order chi connectivity index (χ0) is 16.4. The third-order valence-electron chi connectivity index (χ3n) is 2.63. The number of carboxylic acid groups (broad SMARTS) is 1. The van der Waals surface area contributed by atoms with Gasteiger partial charge in [-0.25, -0.2) is 14.0 Å². The van der Waals surface area contributed by atoms with Gasteiger partial charge < -0.3 is 15.7 Å². The lowest BCUT2D eigenvalue weighted by Crippen LogP contribution is -2.50. The highest BCUT2D eigenvalue weighted by Crippen LogP contribution is 2.31. The Hall–Kier alpha value is -1.53.